The summed E-state index contributed by atoms with van der Waals surface area (Å²) >= 11 is 0. The van der Waals surface area contributed by atoms with Crippen LogP contribution in [0.5, 0.6) is 11.5 Å². The third-order valence-electron chi connectivity index (χ3n) is 4.66. The van der Waals surface area contributed by atoms with E-state index in [0.29, 0.717) is 24.3 Å². The van der Waals surface area contributed by atoms with E-state index in [1.54, 1.807) is 18.2 Å². The number of carbonyl (C=O) groups is 1. The molecule has 0 atom stereocenters. The van der Waals surface area contributed by atoms with E-state index < -0.39 is 40.6 Å². The van der Waals surface area contributed by atoms with E-state index in [0.717, 1.165) is 24.3 Å². The molecule has 0 aliphatic heterocycles. The van der Waals surface area contributed by atoms with Crippen LogP contribution in [0.3, 0.4) is 0 Å². The molecule has 0 aromatic heterocycles. The van der Waals surface area contributed by atoms with Gasteiger partial charge in [0.25, 0.3) is 0 Å². The van der Waals surface area contributed by atoms with Gasteiger partial charge in [-0.25, -0.2) is 4.79 Å². The van der Waals surface area contributed by atoms with E-state index in [9.17, 15) is 36.2 Å². The van der Waals surface area contributed by atoms with Gasteiger partial charge in [0.15, 0.2) is 0 Å². The van der Waals surface area contributed by atoms with Gasteiger partial charge in [0.05, 0.1) is 5.56 Å². The molecule has 0 bridgehead atoms. The number of ether oxygens (including phenoxy) is 1. The topological polar surface area (TPSA) is 46.5 Å². The van der Waals surface area contributed by atoms with Crippen LogP contribution in [0.1, 0.15) is 21.5 Å². The standard InChI is InChI=1S/C22H14F6O3/c23-21(24,25)20(22(26,27)28,15-6-10-17(29)11-7-15)16-8-12-18(13-9-16)31-19(30)14-4-2-1-3-5-14/h1-13,29H. The summed E-state index contributed by atoms with van der Waals surface area (Å²) in [6.45, 7) is 0. The lowest BCUT2D eigenvalue weighted by Crippen LogP contribution is -2.54. The summed E-state index contributed by atoms with van der Waals surface area (Å²) in [5.74, 6) is -1.52. The number of phenolic OH excluding ortho intramolecular Hbond substituents is 1. The first-order chi connectivity index (χ1) is 14.5. The molecule has 0 amide bonds. The van der Waals surface area contributed by atoms with Crippen molar-refractivity contribution in [2.45, 2.75) is 17.8 Å². The number of benzene rings is 3. The quantitative estimate of drug-likeness (QED) is 0.307. The molecule has 0 fully saturated rings. The zero-order valence-electron chi connectivity index (χ0n) is 15.5. The lowest BCUT2D eigenvalue weighted by molar-refractivity contribution is -0.288. The number of rotatable bonds is 4. The highest BCUT2D eigenvalue weighted by atomic mass is 19.4. The molecule has 3 rings (SSSR count). The molecule has 0 saturated carbocycles. The van der Waals surface area contributed by atoms with Gasteiger partial charge < -0.3 is 9.84 Å². The van der Waals surface area contributed by atoms with Crippen molar-refractivity contribution in [1.29, 1.82) is 0 Å². The Bertz CT molecular complexity index is 1030. The van der Waals surface area contributed by atoms with E-state index in [1.165, 1.54) is 12.1 Å². The Kier molecular flexibility index (Phi) is 5.71. The van der Waals surface area contributed by atoms with Gasteiger partial charge in [-0.15, -0.1) is 0 Å². The predicted octanol–water partition coefficient (Wildman–Crippen LogP) is 6.02. The lowest BCUT2D eigenvalue weighted by Gasteiger charge is -2.38. The summed E-state index contributed by atoms with van der Waals surface area (Å²) in [6.07, 6.45) is -11.5. The van der Waals surface area contributed by atoms with Crippen LogP contribution in [0, 0.1) is 0 Å². The summed E-state index contributed by atoms with van der Waals surface area (Å²) < 4.78 is 89.1. The Morgan fingerprint density at radius 1 is 0.677 bits per heavy atom. The third kappa shape index (κ3) is 4.08. The second-order valence-electron chi connectivity index (χ2n) is 6.57. The van der Waals surface area contributed by atoms with Crippen molar-refractivity contribution in [2.75, 3.05) is 0 Å². The van der Waals surface area contributed by atoms with Crippen LogP contribution in [-0.4, -0.2) is 23.4 Å². The summed E-state index contributed by atoms with van der Waals surface area (Å²) in [5.41, 5.74) is -6.41. The molecule has 0 unspecified atom stereocenters. The van der Waals surface area contributed by atoms with Crippen LogP contribution in [0.4, 0.5) is 26.3 Å². The first-order valence-corrected chi connectivity index (χ1v) is 8.77. The average Bonchev–Trinajstić information content (AvgIpc) is 2.69. The van der Waals surface area contributed by atoms with Gasteiger partial charge in [0, 0.05) is 0 Å². The number of hydrogen-bond donors (Lipinski definition) is 1. The first-order valence-electron chi connectivity index (χ1n) is 8.77. The van der Waals surface area contributed by atoms with Crippen molar-refractivity contribution in [3.8, 4) is 11.5 Å². The molecule has 0 aliphatic carbocycles. The van der Waals surface area contributed by atoms with Crippen molar-refractivity contribution in [2.24, 2.45) is 0 Å². The number of halogens is 6. The molecule has 0 spiro atoms. The highest BCUT2D eigenvalue weighted by Crippen LogP contribution is 2.56. The zero-order valence-corrected chi connectivity index (χ0v) is 15.5. The largest absolute Gasteiger partial charge is 0.508 e. The third-order valence-corrected chi connectivity index (χ3v) is 4.66. The Hall–Kier alpha value is -3.49. The maximum absolute atomic E-state index is 14.0. The maximum Gasteiger partial charge on any atom is 0.411 e. The molecular formula is C22H14F6O3. The van der Waals surface area contributed by atoms with Crippen molar-refractivity contribution in [3.05, 3.63) is 95.6 Å². The molecule has 9 heteroatoms. The number of alkyl halides is 6. The summed E-state index contributed by atoms with van der Waals surface area (Å²) in [6, 6.07) is 13.3. The maximum atomic E-state index is 14.0. The first kappa shape index (κ1) is 22.2. The van der Waals surface area contributed by atoms with Gasteiger partial charge in [-0.1, -0.05) is 42.5 Å². The Labute approximate surface area is 172 Å². The fourth-order valence-electron chi connectivity index (χ4n) is 3.21. The molecular weight excluding hydrogens is 426 g/mol. The molecule has 3 aromatic carbocycles. The van der Waals surface area contributed by atoms with Crippen molar-refractivity contribution < 1.29 is 41.0 Å². The molecule has 0 heterocycles. The smallest absolute Gasteiger partial charge is 0.411 e. The lowest BCUT2D eigenvalue weighted by atomic mass is 9.73. The van der Waals surface area contributed by atoms with Crippen molar-refractivity contribution in [1.82, 2.24) is 0 Å². The molecule has 0 radical (unpaired) electrons. The summed E-state index contributed by atoms with van der Waals surface area (Å²) in [4.78, 5) is 12.1. The number of esters is 1. The van der Waals surface area contributed by atoms with E-state index in [1.807, 2.05) is 0 Å². The zero-order chi connectivity index (χ0) is 22.9. The van der Waals surface area contributed by atoms with Gasteiger partial charge in [-0.05, 0) is 47.5 Å². The van der Waals surface area contributed by atoms with Crippen LogP contribution < -0.4 is 4.74 Å². The molecule has 3 aromatic rings. The Balaban J connectivity index is 2.06. The van der Waals surface area contributed by atoms with Crippen LogP contribution in [0.15, 0.2) is 78.9 Å². The van der Waals surface area contributed by atoms with Crippen LogP contribution in [0.25, 0.3) is 0 Å². The minimum absolute atomic E-state index is 0.163. The molecule has 3 nitrogen and oxygen atoms in total. The molecule has 31 heavy (non-hydrogen) atoms. The Morgan fingerprint density at radius 3 is 1.58 bits per heavy atom. The summed E-state index contributed by atoms with van der Waals surface area (Å²) in [5, 5.41) is 9.30. The number of aromatic hydroxyl groups is 1. The normalized spacial score (nSPS) is 12.5. The fourth-order valence-corrected chi connectivity index (χ4v) is 3.21. The van der Waals surface area contributed by atoms with Crippen LogP contribution >= 0.6 is 0 Å². The van der Waals surface area contributed by atoms with E-state index in [-0.39, 0.29) is 11.3 Å². The number of carbonyl (C=O) groups excluding carboxylic acids is 1. The highest BCUT2D eigenvalue weighted by molar-refractivity contribution is 5.90. The van der Waals surface area contributed by atoms with Crippen molar-refractivity contribution in [3.63, 3.8) is 0 Å². The van der Waals surface area contributed by atoms with Gasteiger partial charge >= 0.3 is 18.3 Å². The molecule has 1 N–H and O–H groups in total. The Morgan fingerprint density at radius 2 is 1.13 bits per heavy atom. The minimum Gasteiger partial charge on any atom is -0.508 e. The molecule has 0 saturated heterocycles. The number of hydrogen-bond acceptors (Lipinski definition) is 3. The van der Waals surface area contributed by atoms with Gasteiger partial charge in [-0.2, -0.15) is 26.3 Å². The second-order valence-corrected chi connectivity index (χ2v) is 6.57. The van der Waals surface area contributed by atoms with Crippen LogP contribution in [0.2, 0.25) is 0 Å². The van der Waals surface area contributed by atoms with Crippen molar-refractivity contribution >= 4 is 5.97 Å². The fraction of sp³-hybridized carbons (Fsp3) is 0.136. The minimum atomic E-state index is -5.76. The SMILES string of the molecule is O=C(Oc1ccc(C(c2ccc(O)cc2)(C(F)(F)F)C(F)(F)F)cc1)c1ccccc1. The highest BCUT2D eigenvalue weighted by Gasteiger charge is 2.72. The predicted molar refractivity (Wildman–Crippen MR) is 98.8 cm³/mol. The van der Waals surface area contributed by atoms with Gasteiger partial charge in [0.1, 0.15) is 11.5 Å². The average molecular weight is 440 g/mol. The van der Waals surface area contributed by atoms with E-state index in [4.69, 9.17) is 4.74 Å². The second kappa shape index (κ2) is 7.98. The molecule has 162 valence electrons. The van der Waals surface area contributed by atoms with E-state index in [2.05, 4.69) is 0 Å². The summed E-state index contributed by atoms with van der Waals surface area (Å²) in [7, 11) is 0. The van der Waals surface area contributed by atoms with E-state index >= 15 is 0 Å². The van der Waals surface area contributed by atoms with Gasteiger partial charge in [0.2, 0.25) is 5.41 Å². The monoisotopic (exact) mass is 440 g/mol. The molecule has 0 aliphatic rings. The van der Waals surface area contributed by atoms with Crippen LogP contribution in [-0.2, 0) is 5.41 Å². The number of phenols is 1. The van der Waals surface area contributed by atoms with Gasteiger partial charge in [-0.3, -0.25) is 0 Å².